The Labute approximate surface area is 342 Å². The van der Waals surface area contributed by atoms with Crippen molar-refractivity contribution in [3.05, 3.63) is 214 Å². The molecule has 0 heterocycles. The van der Waals surface area contributed by atoms with Gasteiger partial charge in [-0.2, -0.15) is 0 Å². The van der Waals surface area contributed by atoms with Gasteiger partial charge in [0.05, 0.1) is 0 Å². The Hall–Kier alpha value is -6.12. The van der Waals surface area contributed by atoms with Crippen molar-refractivity contribution < 1.29 is 0 Å². The van der Waals surface area contributed by atoms with E-state index in [0.717, 1.165) is 12.8 Å². The van der Waals surface area contributed by atoms with E-state index in [1.54, 1.807) is 43.8 Å². The van der Waals surface area contributed by atoms with Crippen LogP contribution < -0.4 is 20.2 Å². The van der Waals surface area contributed by atoms with Crippen molar-refractivity contribution in [3.8, 4) is 0 Å². The molecule has 0 saturated heterocycles. The van der Waals surface area contributed by atoms with Crippen molar-refractivity contribution in [2.45, 2.75) is 75.0 Å². The third kappa shape index (κ3) is 4.90. The van der Waals surface area contributed by atoms with E-state index < -0.39 is 0 Å². The summed E-state index contributed by atoms with van der Waals surface area (Å²) in [6.45, 7) is 0. The van der Waals surface area contributed by atoms with Crippen molar-refractivity contribution in [1.29, 1.82) is 0 Å². The molecule has 0 N–H and O–H groups in total. The number of hydrogen-bond acceptors (Lipinski definition) is 2. The summed E-state index contributed by atoms with van der Waals surface area (Å²) in [7, 11) is 0. The van der Waals surface area contributed by atoms with Crippen LogP contribution in [0.5, 0.6) is 0 Å². The number of nitrogens with zero attached hydrogens (tertiary/aromatic N) is 2. The van der Waals surface area contributed by atoms with Gasteiger partial charge in [0.25, 0.3) is 0 Å². The Balaban J connectivity index is 1.09. The smallest absolute Gasteiger partial charge is 0.0465 e. The molecule has 0 aliphatic heterocycles. The van der Waals surface area contributed by atoms with Crippen LogP contribution in [-0.2, 0) is 10.8 Å². The van der Waals surface area contributed by atoms with Gasteiger partial charge in [-0.1, -0.05) is 123 Å². The summed E-state index contributed by atoms with van der Waals surface area (Å²) >= 11 is 0. The molecule has 0 radical (unpaired) electrons. The molecule has 0 atom stereocenters. The number of hydrogen-bond donors (Lipinski definition) is 0. The number of para-hydroxylation sites is 4. The lowest BCUT2D eigenvalue weighted by molar-refractivity contribution is 0.508. The van der Waals surface area contributed by atoms with Crippen LogP contribution in [0, 0.1) is 0 Å². The Kier molecular flexibility index (Phi) is 7.74. The molecule has 5 aliphatic rings. The van der Waals surface area contributed by atoms with E-state index in [1.165, 1.54) is 96.6 Å². The molecule has 5 aliphatic carbocycles. The first-order valence-electron chi connectivity index (χ1n) is 21.7. The second kappa shape index (κ2) is 13.2. The quantitative estimate of drug-likeness (QED) is 0.167. The molecule has 2 spiro atoms. The molecule has 0 unspecified atom stereocenters. The van der Waals surface area contributed by atoms with Gasteiger partial charge >= 0.3 is 0 Å². The standard InChI is InChI=1S/C56H48N2/c1-5-17-39(18-6-1)57(40-19-7-2-8-20-40)43-25-27-45-47-29-30-48-46-28-26-44(58(41-21-9-3-10-22-41)42-23-11-4-12-24-42)38-52(46)56(35-15-16-36-56)50-32-31-49(53(47)54(48)50)55(51(45)37-43)33-13-14-34-55/h1-12,17-28,31-32,37-38H,13-16,29-30,33-36H2. The van der Waals surface area contributed by atoms with Gasteiger partial charge in [0.1, 0.15) is 0 Å². The SMILES string of the molecule is c1ccc(N(c2ccccc2)c2ccc3c(c2)C2(CCCC2)c2ccc4c5c2=C3CCC=5c2ccc(N(c3ccccc3)c3ccccc3)cc2C42CCCC2)cc1. The van der Waals surface area contributed by atoms with Crippen LogP contribution in [0.2, 0.25) is 0 Å². The lowest BCUT2D eigenvalue weighted by Crippen LogP contribution is -2.51. The molecule has 7 aromatic carbocycles. The van der Waals surface area contributed by atoms with Gasteiger partial charge in [-0.05, 0) is 166 Å². The van der Waals surface area contributed by atoms with Crippen molar-refractivity contribution in [2.24, 2.45) is 0 Å². The van der Waals surface area contributed by atoms with Crippen LogP contribution >= 0.6 is 0 Å². The van der Waals surface area contributed by atoms with Gasteiger partial charge in [0.2, 0.25) is 0 Å². The molecular formula is C56H48N2. The van der Waals surface area contributed by atoms with Crippen LogP contribution in [0.3, 0.4) is 0 Å². The highest BCUT2D eigenvalue weighted by Crippen LogP contribution is 2.55. The fourth-order valence-corrected chi connectivity index (χ4v) is 12.3. The molecule has 7 aromatic rings. The highest BCUT2D eigenvalue weighted by atomic mass is 15.1. The lowest BCUT2D eigenvalue weighted by atomic mass is 9.60. The minimum atomic E-state index is 0.0273. The first-order valence-corrected chi connectivity index (χ1v) is 21.7. The molecule has 12 rings (SSSR count). The Morgan fingerprint density at radius 3 is 0.966 bits per heavy atom. The van der Waals surface area contributed by atoms with E-state index in [9.17, 15) is 0 Å². The highest BCUT2D eigenvalue weighted by molar-refractivity contribution is 5.88. The van der Waals surface area contributed by atoms with E-state index in [2.05, 4.69) is 180 Å². The molecular weight excluding hydrogens is 701 g/mol. The van der Waals surface area contributed by atoms with E-state index in [-0.39, 0.29) is 10.8 Å². The van der Waals surface area contributed by atoms with Crippen LogP contribution in [-0.4, -0.2) is 0 Å². The van der Waals surface area contributed by atoms with Crippen molar-refractivity contribution in [2.75, 3.05) is 9.80 Å². The second-order valence-corrected chi connectivity index (χ2v) is 17.4. The van der Waals surface area contributed by atoms with Crippen molar-refractivity contribution in [1.82, 2.24) is 0 Å². The number of anilines is 6. The van der Waals surface area contributed by atoms with Crippen molar-refractivity contribution in [3.63, 3.8) is 0 Å². The maximum absolute atomic E-state index is 2.64. The maximum atomic E-state index is 2.64. The van der Waals surface area contributed by atoms with E-state index >= 15 is 0 Å². The molecule has 2 nitrogen and oxygen atoms in total. The number of rotatable bonds is 6. The first-order chi connectivity index (χ1) is 28.7. The third-order valence-corrected chi connectivity index (χ3v) is 14.6. The van der Waals surface area contributed by atoms with Crippen LogP contribution in [0.25, 0.3) is 11.1 Å². The number of fused-ring (bicyclic) bond motifs is 8. The van der Waals surface area contributed by atoms with E-state index in [1.807, 2.05) is 0 Å². The van der Waals surface area contributed by atoms with Gasteiger partial charge in [-0.25, -0.2) is 0 Å². The summed E-state index contributed by atoms with van der Waals surface area (Å²) in [6, 6.07) is 64.0. The maximum Gasteiger partial charge on any atom is 0.0465 e. The average molecular weight is 749 g/mol. The fourth-order valence-electron chi connectivity index (χ4n) is 12.3. The second-order valence-electron chi connectivity index (χ2n) is 17.4. The molecule has 2 fully saturated rings. The molecule has 282 valence electrons. The average Bonchev–Trinajstić information content (AvgIpc) is 3.99. The predicted octanol–water partition coefficient (Wildman–Crippen LogP) is 13.2. The van der Waals surface area contributed by atoms with Gasteiger partial charge in [-0.15, -0.1) is 0 Å². The molecule has 2 saturated carbocycles. The minimum Gasteiger partial charge on any atom is -0.310 e. The number of benzene rings is 7. The molecule has 0 bridgehead atoms. The van der Waals surface area contributed by atoms with Crippen molar-refractivity contribution >= 4 is 45.3 Å². The highest BCUT2D eigenvalue weighted by Gasteiger charge is 2.48. The Morgan fingerprint density at radius 2 is 0.638 bits per heavy atom. The Bertz CT molecular complexity index is 2550. The summed E-state index contributed by atoms with van der Waals surface area (Å²) in [6.07, 6.45) is 12.1. The van der Waals surface area contributed by atoms with Crippen LogP contribution in [0.15, 0.2) is 170 Å². The van der Waals surface area contributed by atoms with Crippen LogP contribution in [0.4, 0.5) is 34.1 Å². The van der Waals surface area contributed by atoms with Gasteiger partial charge in [0, 0.05) is 45.0 Å². The zero-order valence-electron chi connectivity index (χ0n) is 33.1. The van der Waals surface area contributed by atoms with E-state index in [0.29, 0.717) is 0 Å². The summed E-state index contributed by atoms with van der Waals surface area (Å²) in [5.74, 6) is 0. The topological polar surface area (TPSA) is 6.48 Å². The molecule has 0 amide bonds. The summed E-state index contributed by atoms with van der Waals surface area (Å²) in [4.78, 5) is 4.91. The fraction of sp³-hybridized carbons (Fsp3) is 0.214. The van der Waals surface area contributed by atoms with Gasteiger partial charge in [0.15, 0.2) is 0 Å². The predicted molar refractivity (Wildman–Crippen MR) is 241 cm³/mol. The first kappa shape index (κ1) is 34.0. The summed E-state index contributed by atoms with van der Waals surface area (Å²) in [5.41, 5.74) is 19.9. The third-order valence-electron chi connectivity index (χ3n) is 14.6. The monoisotopic (exact) mass is 748 g/mol. The zero-order valence-corrected chi connectivity index (χ0v) is 33.1. The van der Waals surface area contributed by atoms with Gasteiger partial charge < -0.3 is 9.80 Å². The minimum absolute atomic E-state index is 0.0273. The molecule has 58 heavy (non-hydrogen) atoms. The summed E-state index contributed by atoms with van der Waals surface area (Å²) in [5, 5.41) is 3.22. The normalized spacial score (nSPS) is 17.5. The lowest BCUT2D eigenvalue weighted by Gasteiger charge is -2.44. The molecule has 0 aromatic heterocycles. The molecule has 2 heteroatoms. The van der Waals surface area contributed by atoms with E-state index in [4.69, 9.17) is 0 Å². The zero-order chi connectivity index (χ0) is 38.3. The summed E-state index contributed by atoms with van der Waals surface area (Å²) < 4.78 is 0. The van der Waals surface area contributed by atoms with Gasteiger partial charge in [-0.3, -0.25) is 0 Å². The Morgan fingerprint density at radius 1 is 0.310 bits per heavy atom. The largest absolute Gasteiger partial charge is 0.310 e. The van der Waals surface area contributed by atoms with Crippen LogP contribution in [0.1, 0.15) is 97.6 Å².